The third-order valence-corrected chi connectivity index (χ3v) is 5.85. The Hall–Kier alpha value is -4.05. The van der Waals surface area contributed by atoms with Crippen molar-refractivity contribution in [3.8, 4) is 11.3 Å². The molecule has 0 spiro atoms. The molecule has 1 fully saturated rings. The molecule has 0 unspecified atom stereocenters. The van der Waals surface area contributed by atoms with E-state index < -0.39 is 0 Å². The third kappa shape index (κ3) is 4.03. The zero-order valence-corrected chi connectivity index (χ0v) is 19.1. The van der Waals surface area contributed by atoms with Gasteiger partial charge in [0.2, 0.25) is 0 Å². The molecule has 1 N–H and O–H groups in total. The SMILES string of the molecule is CCn1ncc(NC(=O)c2cc(-c3cnn(C)c3)nc3ccccc23)c1C(=O)N1CCOCC1. The van der Waals surface area contributed by atoms with Gasteiger partial charge in [-0.3, -0.25) is 19.0 Å². The molecule has 34 heavy (non-hydrogen) atoms. The van der Waals surface area contributed by atoms with Crippen molar-refractivity contribution in [2.24, 2.45) is 7.05 Å². The number of aromatic nitrogens is 5. The van der Waals surface area contributed by atoms with Gasteiger partial charge in [0, 0.05) is 43.8 Å². The predicted octanol–water partition coefficient (Wildman–Crippen LogP) is 2.58. The van der Waals surface area contributed by atoms with Crippen molar-refractivity contribution in [2.75, 3.05) is 31.6 Å². The number of carbonyl (C=O) groups excluding carboxylic acids is 2. The van der Waals surface area contributed by atoms with E-state index in [9.17, 15) is 9.59 Å². The Labute approximate surface area is 196 Å². The summed E-state index contributed by atoms with van der Waals surface area (Å²) in [5.74, 6) is -0.510. The number of anilines is 1. The van der Waals surface area contributed by atoms with Crippen LogP contribution in [0.5, 0.6) is 0 Å². The van der Waals surface area contributed by atoms with Crippen LogP contribution in [0.1, 0.15) is 27.8 Å². The second-order valence-electron chi connectivity index (χ2n) is 8.06. The maximum Gasteiger partial charge on any atom is 0.274 e. The van der Waals surface area contributed by atoms with Gasteiger partial charge in [0.05, 0.1) is 48.1 Å². The van der Waals surface area contributed by atoms with Crippen LogP contribution in [0.25, 0.3) is 22.2 Å². The lowest BCUT2D eigenvalue weighted by atomic mass is 10.0. The first kappa shape index (κ1) is 21.8. The van der Waals surface area contributed by atoms with Gasteiger partial charge in [-0.25, -0.2) is 4.98 Å². The van der Waals surface area contributed by atoms with Crippen LogP contribution in [0.3, 0.4) is 0 Å². The van der Waals surface area contributed by atoms with Crippen LogP contribution >= 0.6 is 0 Å². The molecular formula is C24H25N7O3. The Morgan fingerprint density at radius 2 is 1.91 bits per heavy atom. The van der Waals surface area contributed by atoms with Crippen LogP contribution in [0.4, 0.5) is 5.69 Å². The van der Waals surface area contributed by atoms with Gasteiger partial charge in [-0.15, -0.1) is 0 Å². The van der Waals surface area contributed by atoms with Crippen molar-refractivity contribution in [1.82, 2.24) is 29.4 Å². The van der Waals surface area contributed by atoms with E-state index in [4.69, 9.17) is 9.72 Å². The minimum absolute atomic E-state index is 0.173. The maximum absolute atomic E-state index is 13.5. The molecule has 1 saturated heterocycles. The first-order chi connectivity index (χ1) is 16.5. The highest BCUT2D eigenvalue weighted by atomic mass is 16.5. The van der Waals surface area contributed by atoms with E-state index >= 15 is 0 Å². The van der Waals surface area contributed by atoms with Gasteiger partial charge in [-0.05, 0) is 19.1 Å². The fraction of sp³-hybridized carbons (Fsp3) is 0.292. The summed E-state index contributed by atoms with van der Waals surface area (Å²) in [6.45, 7) is 4.41. The molecule has 1 aliphatic rings. The second-order valence-corrected chi connectivity index (χ2v) is 8.06. The number of rotatable bonds is 5. The van der Waals surface area contributed by atoms with E-state index in [0.717, 1.165) is 10.9 Å². The van der Waals surface area contributed by atoms with Crippen LogP contribution in [-0.4, -0.2) is 67.6 Å². The normalized spacial score (nSPS) is 13.9. The summed E-state index contributed by atoms with van der Waals surface area (Å²) < 4.78 is 8.67. The van der Waals surface area contributed by atoms with Crippen molar-refractivity contribution >= 4 is 28.4 Å². The van der Waals surface area contributed by atoms with Gasteiger partial charge in [0.15, 0.2) is 0 Å². The summed E-state index contributed by atoms with van der Waals surface area (Å²) in [6.07, 6.45) is 5.09. The van der Waals surface area contributed by atoms with Crippen LogP contribution < -0.4 is 5.32 Å². The van der Waals surface area contributed by atoms with Crippen LogP contribution in [0.15, 0.2) is 48.9 Å². The molecule has 3 aromatic heterocycles. The summed E-state index contributed by atoms with van der Waals surface area (Å²) in [5.41, 5.74) is 3.35. The van der Waals surface area contributed by atoms with Crippen LogP contribution in [0, 0.1) is 0 Å². The number of para-hydroxylation sites is 1. The highest BCUT2D eigenvalue weighted by Gasteiger charge is 2.26. The number of pyridine rings is 1. The standard InChI is InChI=1S/C24H25N7O3/c1-3-31-22(24(33)30-8-10-34-11-9-30)21(14-26-31)28-23(32)18-12-20(16-13-25-29(2)15-16)27-19-7-5-4-6-17(18)19/h4-7,12-15H,3,8-11H2,1-2H3,(H,28,32). The van der Waals surface area contributed by atoms with E-state index in [1.54, 1.807) is 26.5 Å². The minimum Gasteiger partial charge on any atom is -0.378 e. The van der Waals surface area contributed by atoms with Gasteiger partial charge in [-0.1, -0.05) is 18.2 Å². The molecule has 0 bridgehead atoms. The smallest absolute Gasteiger partial charge is 0.274 e. The number of hydrogen-bond donors (Lipinski definition) is 1. The Balaban J connectivity index is 1.52. The first-order valence-corrected chi connectivity index (χ1v) is 11.2. The number of carbonyl (C=O) groups is 2. The predicted molar refractivity (Wildman–Crippen MR) is 127 cm³/mol. The molecule has 4 aromatic rings. The van der Waals surface area contributed by atoms with Gasteiger partial charge in [0.25, 0.3) is 11.8 Å². The van der Waals surface area contributed by atoms with Crippen LogP contribution in [-0.2, 0) is 18.3 Å². The van der Waals surface area contributed by atoms with E-state index in [1.165, 1.54) is 6.20 Å². The summed E-state index contributed by atoms with van der Waals surface area (Å²) in [4.78, 5) is 33.2. The molecule has 1 aromatic carbocycles. The first-order valence-electron chi connectivity index (χ1n) is 11.2. The maximum atomic E-state index is 13.5. The number of benzene rings is 1. The molecule has 5 rings (SSSR count). The average molecular weight is 460 g/mol. The highest BCUT2D eigenvalue weighted by molar-refractivity contribution is 6.14. The van der Waals surface area contributed by atoms with Gasteiger partial charge in [0.1, 0.15) is 5.69 Å². The number of aryl methyl sites for hydroxylation is 2. The van der Waals surface area contributed by atoms with Gasteiger partial charge < -0.3 is 15.0 Å². The van der Waals surface area contributed by atoms with Gasteiger partial charge in [-0.2, -0.15) is 10.2 Å². The van der Waals surface area contributed by atoms with Crippen molar-refractivity contribution in [2.45, 2.75) is 13.5 Å². The van der Waals surface area contributed by atoms with Gasteiger partial charge >= 0.3 is 0 Å². The molecular weight excluding hydrogens is 434 g/mol. The zero-order chi connectivity index (χ0) is 23.7. The number of fused-ring (bicyclic) bond motifs is 1. The minimum atomic E-state index is -0.338. The molecule has 10 heteroatoms. The lowest BCUT2D eigenvalue weighted by Crippen LogP contribution is -2.41. The molecule has 1 aliphatic heterocycles. The molecule has 0 atom stereocenters. The fourth-order valence-corrected chi connectivity index (χ4v) is 4.11. The average Bonchev–Trinajstić information content (AvgIpc) is 3.49. The number of nitrogens with one attached hydrogen (secondary N) is 1. The molecule has 4 heterocycles. The Morgan fingerprint density at radius 1 is 1.12 bits per heavy atom. The quantitative estimate of drug-likeness (QED) is 0.492. The summed E-state index contributed by atoms with van der Waals surface area (Å²) in [7, 11) is 1.83. The fourth-order valence-electron chi connectivity index (χ4n) is 4.11. The Kier molecular flexibility index (Phi) is 5.81. The van der Waals surface area contributed by atoms with Crippen molar-refractivity contribution < 1.29 is 14.3 Å². The molecule has 10 nitrogen and oxygen atoms in total. The second kappa shape index (κ2) is 9.06. The summed E-state index contributed by atoms with van der Waals surface area (Å²) in [6, 6.07) is 9.23. The molecule has 0 saturated carbocycles. The van der Waals surface area contributed by atoms with E-state index in [1.807, 2.05) is 44.4 Å². The lowest BCUT2D eigenvalue weighted by Gasteiger charge is -2.27. The highest BCUT2D eigenvalue weighted by Crippen LogP contribution is 2.26. The zero-order valence-electron chi connectivity index (χ0n) is 19.1. The number of hydrogen-bond acceptors (Lipinski definition) is 6. The number of nitrogens with zero attached hydrogens (tertiary/aromatic N) is 6. The van der Waals surface area contributed by atoms with Crippen molar-refractivity contribution in [3.05, 3.63) is 60.2 Å². The Morgan fingerprint density at radius 3 is 2.65 bits per heavy atom. The number of morpholine rings is 1. The lowest BCUT2D eigenvalue weighted by molar-refractivity contribution is 0.0295. The summed E-state index contributed by atoms with van der Waals surface area (Å²) >= 11 is 0. The summed E-state index contributed by atoms with van der Waals surface area (Å²) in [5, 5.41) is 12.2. The third-order valence-electron chi connectivity index (χ3n) is 5.85. The monoisotopic (exact) mass is 459 g/mol. The van der Waals surface area contributed by atoms with Crippen molar-refractivity contribution in [3.63, 3.8) is 0 Å². The molecule has 0 radical (unpaired) electrons. The number of amides is 2. The number of ether oxygens (including phenoxy) is 1. The molecule has 0 aliphatic carbocycles. The van der Waals surface area contributed by atoms with Crippen LogP contribution in [0.2, 0.25) is 0 Å². The topological polar surface area (TPSA) is 107 Å². The van der Waals surface area contributed by atoms with E-state index in [-0.39, 0.29) is 11.8 Å². The largest absolute Gasteiger partial charge is 0.378 e. The van der Waals surface area contributed by atoms with E-state index in [2.05, 4.69) is 15.5 Å². The van der Waals surface area contributed by atoms with Crippen molar-refractivity contribution in [1.29, 1.82) is 0 Å². The molecule has 174 valence electrons. The Bertz CT molecular complexity index is 1370. The molecule has 2 amide bonds. The van der Waals surface area contributed by atoms with E-state index in [0.29, 0.717) is 61.0 Å².